The zero-order chi connectivity index (χ0) is 12.7. The third-order valence-corrected chi connectivity index (χ3v) is 5.17. The second-order valence-corrected chi connectivity index (χ2v) is 7.23. The van der Waals surface area contributed by atoms with Crippen molar-refractivity contribution < 1.29 is 8.42 Å². The van der Waals surface area contributed by atoms with Crippen LogP contribution in [-0.2, 0) is 9.84 Å². The Bertz CT molecular complexity index is 290. The molecule has 1 aliphatic rings. The minimum atomic E-state index is -2.77. The van der Waals surface area contributed by atoms with Crippen LogP contribution < -0.4 is 5.73 Å². The van der Waals surface area contributed by atoms with Crippen LogP contribution in [0.1, 0.15) is 39.0 Å². The highest BCUT2D eigenvalue weighted by Crippen LogP contribution is 2.13. The van der Waals surface area contributed by atoms with Gasteiger partial charge in [-0.05, 0) is 6.42 Å². The van der Waals surface area contributed by atoms with Gasteiger partial charge in [-0.25, -0.2) is 8.42 Å². The van der Waals surface area contributed by atoms with Gasteiger partial charge >= 0.3 is 0 Å². The lowest BCUT2D eigenvalue weighted by atomic mass is 10.1. The van der Waals surface area contributed by atoms with E-state index >= 15 is 0 Å². The quantitative estimate of drug-likeness (QED) is 0.696. The van der Waals surface area contributed by atoms with Crippen molar-refractivity contribution in [3.63, 3.8) is 0 Å². The van der Waals surface area contributed by atoms with E-state index in [0.29, 0.717) is 37.2 Å². The van der Waals surface area contributed by atoms with Crippen LogP contribution in [0.2, 0.25) is 0 Å². The maximum absolute atomic E-state index is 11.3. The van der Waals surface area contributed by atoms with Gasteiger partial charge in [0.1, 0.15) is 0 Å². The summed E-state index contributed by atoms with van der Waals surface area (Å²) in [7, 11) is -2.77. The Balaban J connectivity index is 2.30. The van der Waals surface area contributed by atoms with E-state index in [4.69, 9.17) is 5.73 Å². The average molecular weight is 262 g/mol. The molecule has 0 aromatic carbocycles. The van der Waals surface area contributed by atoms with E-state index in [-0.39, 0.29) is 0 Å². The van der Waals surface area contributed by atoms with E-state index in [1.807, 2.05) is 0 Å². The molecule has 1 atom stereocenters. The van der Waals surface area contributed by atoms with Gasteiger partial charge in [-0.1, -0.05) is 32.6 Å². The highest BCUT2D eigenvalue weighted by Gasteiger charge is 2.25. The molecule has 0 aliphatic carbocycles. The molecular weight excluding hydrogens is 236 g/mol. The summed E-state index contributed by atoms with van der Waals surface area (Å²) in [5.74, 6) is 0.608. The number of hydrogen-bond acceptors (Lipinski definition) is 4. The van der Waals surface area contributed by atoms with Gasteiger partial charge in [0.15, 0.2) is 9.84 Å². The molecule has 0 amide bonds. The average Bonchev–Trinajstić information content (AvgIpc) is 2.30. The van der Waals surface area contributed by atoms with Gasteiger partial charge in [0.2, 0.25) is 0 Å². The van der Waals surface area contributed by atoms with Crippen molar-refractivity contribution in [1.29, 1.82) is 0 Å². The first-order chi connectivity index (χ1) is 8.09. The topological polar surface area (TPSA) is 63.4 Å². The minimum Gasteiger partial charge on any atom is -0.329 e. The highest BCUT2D eigenvalue weighted by atomic mass is 32.2. The van der Waals surface area contributed by atoms with Crippen LogP contribution in [0.25, 0.3) is 0 Å². The summed E-state index contributed by atoms with van der Waals surface area (Å²) in [6.45, 7) is 4.18. The van der Waals surface area contributed by atoms with Gasteiger partial charge < -0.3 is 5.73 Å². The molecule has 0 aromatic heterocycles. The number of hydrogen-bond donors (Lipinski definition) is 1. The Hall–Kier alpha value is -0.130. The minimum absolute atomic E-state index is 0.304. The zero-order valence-electron chi connectivity index (χ0n) is 10.9. The molecule has 1 unspecified atom stereocenters. The normalized spacial score (nSPS) is 22.5. The van der Waals surface area contributed by atoms with Crippen LogP contribution in [0, 0.1) is 0 Å². The van der Waals surface area contributed by atoms with Crippen LogP contribution in [-0.4, -0.2) is 50.5 Å². The van der Waals surface area contributed by atoms with E-state index in [9.17, 15) is 8.42 Å². The molecule has 2 N–H and O–H groups in total. The summed E-state index contributed by atoms with van der Waals surface area (Å²) < 4.78 is 22.7. The zero-order valence-corrected chi connectivity index (χ0v) is 11.7. The first-order valence-corrected chi connectivity index (χ1v) is 8.55. The van der Waals surface area contributed by atoms with Crippen molar-refractivity contribution in [2.75, 3.05) is 31.1 Å². The van der Waals surface area contributed by atoms with Gasteiger partial charge in [0, 0.05) is 25.7 Å². The Kier molecular flexibility index (Phi) is 6.44. The number of rotatable bonds is 7. The molecule has 1 aliphatic heterocycles. The second kappa shape index (κ2) is 7.34. The predicted octanol–water partition coefficient (Wildman–Crippen LogP) is 1.01. The monoisotopic (exact) mass is 262 g/mol. The Morgan fingerprint density at radius 2 is 1.82 bits per heavy atom. The molecule has 5 heteroatoms. The summed E-state index contributed by atoms with van der Waals surface area (Å²) in [4.78, 5) is 2.26. The third-order valence-electron chi connectivity index (χ3n) is 3.56. The highest BCUT2D eigenvalue weighted by molar-refractivity contribution is 7.91. The lowest BCUT2D eigenvalue weighted by Crippen LogP contribution is -2.48. The van der Waals surface area contributed by atoms with E-state index in [2.05, 4.69) is 11.8 Å². The summed E-state index contributed by atoms with van der Waals surface area (Å²) in [5, 5.41) is 0. The van der Waals surface area contributed by atoms with Gasteiger partial charge in [0.05, 0.1) is 11.5 Å². The van der Waals surface area contributed by atoms with Gasteiger partial charge in [-0.15, -0.1) is 0 Å². The summed E-state index contributed by atoms with van der Waals surface area (Å²) in [6, 6.07) is 0.377. The van der Waals surface area contributed by atoms with Crippen LogP contribution in [0.4, 0.5) is 0 Å². The fourth-order valence-electron chi connectivity index (χ4n) is 2.35. The molecule has 1 heterocycles. The smallest absolute Gasteiger partial charge is 0.152 e. The molecule has 1 saturated heterocycles. The van der Waals surface area contributed by atoms with Gasteiger partial charge in [-0.3, -0.25) is 4.90 Å². The van der Waals surface area contributed by atoms with Gasteiger partial charge in [-0.2, -0.15) is 0 Å². The SMILES string of the molecule is CCCCCCC(CN)N1CCS(=O)(=O)CC1. The number of sulfone groups is 1. The van der Waals surface area contributed by atoms with Gasteiger partial charge in [0.25, 0.3) is 0 Å². The molecule has 17 heavy (non-hydrogen) atoms. The lowest BCUT2D eigenvalue weighted by Gasteiger charge is -2.33. The summed E-state index contributed by atoms with van der Waals surface area (Å²) in [6.07, 6.45) is 6.11. The fourth-order valence-corrected chi connectivity index (χ4v) is 3.58. The van der Waals surface area contributed by atoms with Crippen molar-refractivity contribution in [1.82, 2.24) is 4.90 Å². The molecule has 4 nitrogen and oxygen atoms in total. The lowest BCUT2D eigenvalue weighted by molar-refractivity contribution is 0.202. The van der Waals surface area contributed by atoms with Crippen LogP contribution in [0.3, 0.4) is 0 Å². The van der Waals surface area contributed by atoms with Crippen molar-refractivity contribution in [2.24, 2.45) is 5.73 Å². The third kappa shape index (κ3) is 5.36. The summed E-state index contributed by atoms with van der Waals surface area (Å²) in [5.41, 5.74) is 5.79. The first kappa shape index (κ1) is 14.9. The molecule has 0 saturated carbocycles. The molecular formula is C12H26N2O2S. The first-order valence-electron chi connectivity index (χ1n) is 6.73. The van der Waals surface area contributed by atoms with E-state index in [0.717, 1.165) is 6.42 Å². The Morgan fingerprint density at radius 1 is 1.18 bits per heavy atom. The van der Waals surface area contributed by atoms with Crippen LogP contribution in [0.5, 0.6) is 0 Å². The van der Waals surface area contributed by atoms with Crippen molar-refractivity contribution in [3.05, 3.63) is 0 Å². The van der Waals surface area contributed by atoms with E-state index in [1.165, 1.54) is 25.7 Å². The van der Waals surface area contributed by atoms with E-state index < -0.39 is 9.84 Å². The molecule has 0 bridgehead atoms. The second-order valence-electron chi connectivity index (χ2n) is 4.93. The fraction of sp³-hybridized carbons (Fsp3) is 1.00. The maximum atomic E-state index is 11.3. The molecule has 0 radical (unpaired) electrons. The molecule has 0 aromatic rings. The Morgan fingerprint density at radius 3 is 2.35 bits per heavy atom. The Labute approximate surface area is 105 Å². The van der Waals surface area contributed by atoms with E-state index in [1.54, 1.807) is 0 Å². The van der Waals surface area contributed by atoms with Crippen LogP contribution >= 0.6 is 0 Å². The largest absolute Gasteiger partial charge is 0.329 e. The number of unbranched alkanes of at least 4 members (excludes halogenated alkanes) is 3. The molecule has 102 valence electrons. The summed E-state index contributed by atoms with van der Waals surface area (Å²) >= 11 is 0. The van der Waals surface area contributed by atoms with Crippen molar-refractivity contribution in [2.45, 2.75) is 45.1 Å². The van der Waals surface area contributed by atoms with Crippen molar-refractivity contribution in [3.8, 4) is 0 Å². The number of nitrogens with zero attached hydrogens (tertiary/aromatic N) is 1. The number of nitrogens with two attached hydrogens (primary N) is 1. The maximum Gasteiger partial charge on any atom is 0.152 e. The predicted molar refractivity (Wildman–Crippen MR) is 71.8 cm³/mol. The van der Waals surface area contributed by atoms with Crippen LogP contribution in [0.15, 0.2) is 0 Å². The van der Waals surface area contributed by atoms with Crippen molar-refractivity contribution >= 4 is 9.84 Å². The molecule has 1 rings (SSSR count). The molecule has 1 fully saturated rings. The molecule has 0 spiro atoms. The standard InChI is InChI=1S/C12H26N2O2S/c1-2-3-4-5-6-12(11-13)14-7-9-17(15,16)10-8-14/h12H,2-11,13H2,1H3.